The van der Waals surface area contributed by atoms with E-state index in [1.54, 1.807) is 5.43 Å². The van der Waals surface area contributed by atoms with E-state index in [9.17, 15) is 13.6 Å². The molecule has 0 aliphatic rings. The maximum atomic E-state index is 14.0. The average Bonchev–Trinajstić information content (AvgIpc) is 2.45. The van der Waals surface area contributed by atoms with Crippen LogP contribution in [0.5, 0.6) is 0 Å². The van der Waals surface area contributed by atoms with E-state index in [1.807, 2.05) is 0 Å². The van der Waals surface area contributed by atoms with Gasteiger partial charge in [-0.3, -0.25) is 4.98 Å². The van der Waals surface area contributed by atoms with Gasteiger partial charge in [0.25, 0.3) is 0 Å². The molecule has 2 N–H and O–H groups in total. The highest BCUT2D eigenvalue weighted by Gasteiger charge is 2.16. The Morgan fingerprint density at radius 3 is 2.52 bits per heavy atom. The largest absolute Gasteiger partial charge is 0.464 e. The van der Waals surface area contributed by atoms with Crippen molar-refractivity contribution in [1.29, 1.82) is 0 Å². The van der Waals surface area contributed by atoms with Crippen molar-refractivity contribution in [2.75, 3.05) is 0 Å². The van der Waals surface area contributed by atoms with Crippen LogP contribution in [-0.4, -0.2) is 21.9 Å². The van der Waals surface area contributed by atoms with Crippen molar-refractivity contribution in [2.24, 2.45) is 5.10 Å². The Bertz CT molecular complexity index is 708. The van der Waals surface area contributed by atoms with Gasteiger partial charge in [0, 0.05) is 23.5 Å². The van der Waals surface area contributed by atoms with E-state index in [0.29, 0.717) is 5.56 Å². The zero-order valence-electron chi connectivity index (χ0n) is 10.3. The fourth-order valence-corrected chi connectivity index (χ4v) is 1.91. The highest BCUT2D eigenvalue weighted by atomic mass is 79.9. The lowest BCUT2D eigenvalue weighted by Crippen LogP contribution is -2.19. The van der Waals surface area contributed by atoms with E-state index in [0.717, 1.165) is 12.1 Å². The molecular formula is C13H8BrF2N3O2. The van der Waals surface area contributed by atoms with Gasteiger partial charge >= 0.3 is 6.09 Å². The first-order valence-electron chi connectivity index (χ1n) is 5.61. The normalized spacial score (nSPS) is 11.3. The number of benzene rings is 1. The number of amides is 1. The SMILES string of the molecule is O=C(O)N/N=C(/c1ccncc1)c1cc(F)c(Br)cc1F. The molecule has 0 saturated heterocycles. The Balaban J connectivity index is 2.58. The van der Waals surface area contributed by atoms with Crippen molar-refractivity contribution in [3.8, 4) is 0 Å². The third kappa shape index (κ3) is 3.60. The Labute approximate surface area is 126 Å². The summed E-state index contributed by atoms with van der Waals surface area (Å²) in [5.41, 5.74) is 1.95. The first-order valence-corrected chi connectivity index (χ1v) is 6.40. The second-order valence-electron chi connectivity index (χ2n) is 3.86. The van der Waals surface area contributed by atoms with Gasteiger partial charge in [0.05, 0.1) is 4.47 Å². The molecule has 0 bridgehead atoms. The summed E-state index contributed by atoms with van der Waals surface area (Å²) in [6.07, 6.45) is 1.44. The number of hydrazone groups is 1. The van der Waals surface area contributed by atoms with Gasteiger partial charge in [0.15, 0.2) is 0 Å². The van der Waals surface area contributed by atoms with E-state index in [4.69, 9.17) is 5.11 Å². The van der Waals surface area contributed by atoms with Crippen LogP contribution in [0.4, 0.5) is 13.6 Å². The zero-order chi connectivity index (χ0) is 15.4. The summed E-state index contributed by atoms with van der Waals surface area (Å²) in [7, 11) is 0. The molecule has 2 aromatic rings. The lowest BCUT2D eigenvalue weighted by molar-refractivity contribution is 0.195. The lowest BCUT2D eigenvalue weighted by Gasteiger charge is -2.09. The fraction of sp³-hybridized carbons (Fsp3) is 0. The summed E-state index contributed by atoms with van der Waals surface area (Å²) in [5.74, 6) is -1.44. The summed E-state index contributed by atoms with van der Waals surface area (Å²) >= 11 is 2.87. The molecule has 0 atom stereocenters. The molecule has 0 radical (unpaired) electrons. The summed E-state index contributed by atoms with van der Waals surface area (Å²) in [5, 5.41) is 12.2. The molecule has 21 heavy (non-hydrogen) atoms. The number of nitrogens with zero attached hydrogens (tertiary/aromatic N) is 2. The highest BCUT2D eigenvalue weighted by Crippen LogP contribution is 2.22. The molecular weight excluding hydrogens is 348 g/mol. The minimum atomic E-state index is -1.42. The number of carboxylic acid groups (broad SMARTS) is 1. The van der Waals surface area contributed by atoms with Gasteiger partial charge in [-0.05, 0) is 40.2 Å². The van der Waals surface area contributed by atoms with Gasteiger partial charge in [0.2, 0.25) is 0 Å². The van der Waals surface area contributed by atoms with Gasteiger partial charge in [0.1, 0.15) is 17.3 Å². The molecule has 0 saturated carbocycles. The van der Waals surface area contributed by atoms with E-state index < -0.39 is 17.7 Å². The van der Waals surface area contributed by atoms with Crippen molar-refractivity contribution in [2.45, 2.75) is 0 Å². The lowest BCUT2D eigenvalue weighted by atomic mass is 10.0. The molecule has 1 aromatic heterocycles. The second kappa shape index (κ2) is 6.40. The maximum absolute atomic E-state index is 14.0. The van der Waals surface area contributed by atoms with Crippen molar-refractivity contribution in [1.82, 2.24) is 10.4 Å². The van der Waals surface area contributed by atoms with Gasteiger partial charge in [-0.2, -0.15) is 5.10 Å². The Morgan fingerprint density at radius 2 is 1.90 bits per heavy atom. The predicted octanol–water partition coefficient (Wildman–Crippen LogP) is 3.14. The number of hydrogen-bond donors (Lipinski definition) is 2. The molecule has 5 nitrogen and oxygen atoms in total. The topological polar surface area (TPSA) is 74.6 Å². The van der Waals surface area contributed by atoms with Crippen LogP contribution in [0.2, 0.25) is 0 Å². The summed E-state index contributed by atoms with van der Waals surface area (Å²) in [6, 6.07) is 4.88. The number of halogens is 3. The third-order valence-corrected chi connectivity index (χ3v) is 3.09. The molecule has 0 fully saturated rings. The number of aromatic nitrogens is 1. The van der Waals surface area contributed by atoms with Crippen molar-refractivity contribution >= 4 is 27.7 Å². The van der Waals surface area contributed by atoms with Crippen LogP contribution in [0, 0.1) is 11.6 Å². The number of pyridine rings is 1. The van der Waals surface area contributed by atoms with Crippen LogP contribution in [-0.2, 0) is 0 Å². The Kier molecular flexibility index (Phi) is 4.59. The minimum Gasteiger partial charge on any atom is -0.464 e. The molecule has 1 amide bonds. The quantitative estimate of drug-likeness (QED) is 0.504. The fourth-order valence-electron chi connectivity index (χ4n) is 1.60. The second-order valence-corrected chi connectivity index (χ2v) is 4.71. The van der Waals surface area contributed by atoms with Crippen LogP contribution in [0.25, 0.3) is 0 Å². The first kappa shape index (κ1) is 15.0. The van der Waals surface area contributed by atoms with Gasteiger partial charge in [-0.25, -0.2) is 19.0 Å². The third-order valence-electron chi connectivity index (χ3n) is 2.48. The smallest absolute Gasteiger partial charge is 0.425 e. The highest BCUT2D eigenvalue weighted by molar-refractivity contribution is 9.10. The van der Waals surface area contributed by atoms with E-state index in [2.05, 4.69) is 26.0 Å². The van der Waals surface area contributed by atoms with Gasteiger partial charge in [-0.1, -0.05) is 0 Å². The standard InChI is InChI=1S/C13H8BrF2N3O2/c14-9-6-10(15)8(5-11(9)16)12(18-19-13(20)21)7-1-3-17-4-2-7/h1-6,19H,(H,20,21)/b18-12-. The molecule has 0 aliphatic heterocycles. The summed E-state index contributed by atoms with van der Waals surface area (Å²) < 4.78 is 27.6. The van der Waals surface area contributed by atoms with Crippen LogP contribution in [0.3, 0.4) is 0 Å². The van der Waals surface area contributed by atoms with Crippen LogP contribution >= 0.6 is 15.9 Å². The maximum Gasteiger partial charge on any atom is 0.425 e. The van der Waals surface area contributed by atoms with Crippen molar-refractivity contribution in [3.63, 3.8) is 0 Å². The zero-order valence-corrected chi connectivity index (χ0v) is 11.9. The molecule has 1 heterocycles. The predicted molar refractivity (Wildman–Crippen MR) is 75.1 cm³/mol. The van der Waals surface area contributed by atoms with E-state index in [1.165, 1.54) is 24.5 Å². The number of nitrogens with one attached hydrogen (secondary N) is 1. The minimum absolute atomic E-state index is 0.0379. The first-order chi connectivity index (χ1) is 9.99. The van der Waals surface area contributed by atoms with Crippen LogP contribution in [0.1, 0.15) is 11.1 Å². The molecule has 2 rings (SSSR count). The van der Waals surface area contributed by atoms with Crippen LogP contribution < -0.4 is 5.43 Å². The van der Waals surface area contributed by atoms with Crippen molar-refractivity contribution in [3.05, 3.63) is 63.9 Å². The molecule has 8 heteroatoms. The Morgan fingerprint density at radius 1 is 1.24 bits per heavy atom. The number of hydrogen-bond acceptors (Lipinski definition) is 3. The number of rotatable bonds is 3. The Hall–Kier alpha value is -2.35. The van der Waals surface area contributed by atoms with Crippen molar-refractivity contribution < 1.29 is 18.7 Å². The summed E-state index contributed by atoms with van der Waals surface area (Å²) in [6.45, 7) is 0. The molecule has 0 aliphatic carbocycles. The van der Waals surface area contributed by atoms with Gasteiger partial charge in [-0.15, -0.1) is 0 Å². The molecule has 0 unspecified atom stereocenters. The van der Waals surface area contributed by atoms with E-state index >= 15 is 0 Å². The number of carbonyl (C=O) groups is 1. The van der Waals surface area contributed by atoms with Crippen LogP contribution in [0.15, 0.2) is 46.2 Å². The molecule has 108 valence electrons. The summed E-state index contributed by atoms with van der Waals surface area (Å²) in [4.78, 5) is 14.4. The molecule has 0 spiro atoms. The van der Waals surface area contributed by atoms with Gasteiger partial charge < -0.3 is 5.11 Å². The average molecular weight is 356 g/mol. The molecule has 1 aromatic carbocycles. The van der Waals surface area contributed by atoms with E-state index in [-0.39, 0.29) is 15.7 Å². The monoisotopic (exact) mass is 355 g/mol.